The van der Waals surface area contributed by atoms with Crippen molar-refractivity contribution in [3.63, 3.8) is 0 Å². The van der Waals surface area contributed by atoms with Crippen LogP contribution in [0.3, 0.4) is 0 Å². The molecule has 1 radical (unpaired) electrons. The average molecular weight is 143 g/mol. The van der Waals surface area contributed by atoms with Gasteiger partial charge in [-0.05, 0) is 13.3 Å². The number of aliphatic carboxylic acids is 1. The van der Waals surface area contributed by atoms with Gasteiger partial charge in [-0.15, -0.1) is 0 Å². The molecule has 0 bridgehead atoms. The fourth-order valence-corrected chi connectivity index (χ4v) is 0.705. The molecule has 57 valence electrons. The van der Waals surface area contributed by atoms with Gasteiger partial charge in [0, 0.05) is 0 Å². The highest BCUT2D eigenvalue weighted by Crippen LogP contribution is 2.06. The summed E-state index contributed by atoms with van der Waals surface area (Å²) in [5.41, 5.74) is 0. The quantitative estimate of drug-likeness (QED) is 0.594. The molecule has 0 aliphatic carbocycles. The molecule has 0 saturated carbocycles. The number of rotatable bonds is 4. The molecule has 1 N–H and O–H groups in total. The second kappa shape index (κ2) is 4.04. The van der Waals surface area contributed by atoms with E-state index in [0.717, 1.165) is 0 Å². The van der Waals surface area contributed by atoms with Gasteiger partial charge in [-0.3, -0.25) is 9.59 Å². The SMILES string of the molecule is [CH2]CCC(C(C)=O)C(=O)O. The van der Waals surface area contributed by atoms with Gasteiger partial charge in [0.2, 0.25) is 0 Å². The Labute approximate surface area is 60.0 Å². The van der Waals surface area contributed by atoms with Crippen LogP contribution in [-0.4, -0.2) is 16.9 Å². The van der Waals surface area contributed by atoms with Crippen molar-refractivity contribution in [1.82, 2.24) is 0 Å². The van der Waals surface area contributed by atoms with Crippen LogP contribution in [0.2, 0.25) is 0 Å². The Morgan fingerprint density at radius 1 is 1.60 bits per heavy atom. The molecule has 0 aromatic heterocycles. The van der Waals surface area contributed by atoms with Gasteiger partial charge >= 0.3 is 5.97 Å². The third-order valence-electron chi connectivity index (χ3n) is 1.28. The number of carboxylic acids is 1. The van der Waals surface area contributed by atoms with Crippen LogP contribution in [0.25, 0.3) is 0 Å². The Morgan fingerprint density at radius 2 is 2.10 bits per heavy atom. The van der Waals surface area contributed by atoms with E-state index in [-0.39, 0.29) is 5.78 Å². The van der Waals surface area contributed by atoms with Crippen molar-refractivity contribution in [2.45, 2.75) is 19.8 Å². The van der Waals surface area contributed by atoms with Crippen molar-refractivity contribution in [2.24, 2.45) is 5.92 Å². The van der Waals surface area contributed by atoms with E-state index in [1.165, 1.54) is 6.92 Å². The van der Waals surface area contributed by atoms with Crippen LogP contribution in [0, 0.1) is 12.8 Å². The van der Waals surface area contributed by atoms with E-state index in [9.17, 15) is 9.59 Å². The molecule has 1 unspecified atom stereocenters. The van der Waals surface area contributed by atoms with Crippen LogP contribution in [0.1, 0.15) is 19.8 Å². The summed E-state index contributed by atoms with van der Waals surface area (Å²) in [6.45, 7) is 4.76. The first-order valence-corrected chi connectivity index (χ1v) is 3.12. The van der Waals surface area contributed by atoms with Gasteiger partial charge < -0.3 is 5.11 Å². The molecule has 0 aromatic rings. The lowest BCUT2D eigenvalue weighted by Gasteiger charge is -2.04. The fraction of sp³-hybridized carbons (Fsp3) is 0.571. The molecule has 0 heterocycles. The van der Waals surface area contributed by atoms with Crippen molar-refractivity contribution in [3.05, 3.63) is 6.92 Å². The molecule has 3 nitrogen and oxygen atoms in total. The molecule has 10 heavy (non-hydrogen) atoms. The highest BCUT2D eigenvalue weighted by Gasteiger charge is 2.20. The molecule has 0 fully saturated rings. The number of hydrogen-bond acceptors (Lipinski definition) is 2. The van der Waals surface area contributed by atoms with E-state index in [1.807, 2.05) is 0 Å². The van der Waals surface area contributed by atoms with E-state index >= 15 is 0 Å². The second-order valence-corrected chi connectivity index (χ2v) is 2.14. The largest absolute Gasteiger partial charge is 0.481 e. The number of ketones is 1. The molecular weight excluding hydrogens is 132 g/mol. The monoisotopic (exact) mass is 143 g/mol. The van der Waals surface area contributed by atoms with Gasteiger partial charge in [-0.2, -0.15) is 0 Å². The van der Waals surface area contributed by atoms with Crippen LogP contribution in [-0.2, 0) is 9.59 Å². The number of carbonyl (C=O) groups excluding carboxylic acids is 1. The lowest BCUT2D eigenvalue weighted by molar-refractivity contribution is -0.145. The van der Waals surface area contributed by atoms with Gasteiger partial charge in [-0.1, -0.05) is 13.3 Å². The summed E-state index contributed by atoms with van der Waals surface area (Å²) in [6, 6.07) is 0. The molecule has 0 rings (SSSR count). The van der Waals surface area contributed by atoms with Gasteiger partial charge in [0.15, 0.2) is 0 Å². The summed E-state index contributed by atoms with van der Waals surface area (Å²) in [6.07, 6.45) is 0.821. The molecule has 0 amide bonds. The van der Waals surface area contributed by atoms with Crippen molar-refractivity contribution in [3.8, 4) is 0 Å². The van der Waals surface area contributed by atoms with Gasteiger partial charge in [0.1, 0.15) is 11.7 Å². The smallest absolute Gasteiger partial charge is 0.314 e. The molecule has 0 aromatic carbocycles. The Morgan fingerprint density at radius 3 is 2.20 bits per heavy atom. The van der Waals surface area contributed by atoms with Crippen molar-refractivity contribution in [2.75, 3.05) is 0 Å². The maximum Gasteiger partial charge on any atom is 0.314 e. The van der Waals surface area contributed by atoms with Gasteiger partial charge in [0.25, 0.3) is 0 Å². The number of carbonyl (C=O) groups is 2. The average Bonchev–Trinajstić information content (AvgIpc) is 1.81. The summed E-state index contributed by atoms with van der Waals surface area (Å²) in [7, 11) is 0. The third-order valence-corrected chi connectivity index (χ3v) is 1.28. The van der Waals surface area contributed by atoms with Crippen LogP contribution in [0.15, 0.2) is 0 Å². The molecule has 0 saturated heterocycles. The first-order chi connectivity index (χ1) is 4.59. The standard InChI is InChI=1S/C7H11O3/c1-3-4-6(5(2)8)7(9)10/h6H,1,3-4H2,2H3,(H,9,10). The minimum absolute atomic E-state index is 0.295. The summed E-state index contributed by atoms with van der Waals surface area (Å²) >= 11 is 0. The first-order valence-electron chi connectivity index (χ1n) is 3.12. The normalized spacial score (nSPS) is 12.6. The summed E-state index contributed by atoms with van der Waals surface area (Å²) < 4.78 is 0. The summed E-state index contributed by atoms with van der Waals surface area (Å²) in [4.78, 5) is 20.8. The van der Waals surface area contributed by atoms with E-state index in [4.69, 9.17) is 5.11 Å². The van der Waals surface area contributed by atoms with Crippen molar-refractivity contribution >= 4 is 11.8 Å². The van der Waals surface area contributed by atoms with Crippen molar-refractivity contribution < 1.29 is 14.7 Å². The predicted octanol–water partition coefficient (Wildman–Crippen LogP) is 0.890. The zero-order valence-corrected chi connectivity index (χ0v) is 5.96. The van der Waals surface area contributed by atoms with Crippen LogP contribution in [0.4, 0.5) is 0 Å². The van der Waals surface area contributed by atoms with E-state index < -0.39 is 11.9 Å². The zero-order valence-electron chi connectivity index (χ0n) is 5.96. The predicted molar refractivity (Wildman–Crippen MR) is 36.4 cm³/mol. The highest BCUT2D eigenvalue weighted by atomic mass is 16.4. The van der Waals surface area contributed by atoms with Crippen molar-refractivity contribution in [1.29, 1.82) is 0 Å². The summed E-state index contributed by atoms with van der Waals surface area (Å²) in [5, 5.41) is 8.43. The van der Waals surface area contributed by atoms with E-state index in [2.05, 4.69) is 6.92 Å². The molecule has 0 spiro atoms. The molecule has 0 aliphatic rings. The Hall–Kier alpha value is -0.860. The second-order valence-electron chi connectivity index (χ2n) is 2.14. The molecular formula is C7H11O3. The lowest BCUT2D eigenvalue weighted by atomic mass is 10.0. The number of Topliss-reactive ketones (excluding diaryl/α,β-unsaturated/α-hetero) is 1. The Balaban J connectivity index is 3.98. The third kappa shape index (κ3) is 2.62. The Kier molecular flexibility index (Phi) is 3.69. The van der Waals surface area contributed by atoms with Gasteiger partial charge in [-0.25, -0.2) is 0 Å². The fourth-order valence-electron chi connectivity index (χ4n) is 0.705. The highest BCUT2D eigenvalue weighted by molar-refractivity contribution is 5.96. The van der Waals surface area contributed by atoms with E-state index in [1.54, 1.807) is 0 Å². The van der Waals surface area contributed by atoms with E-state index in [0.29, 0.717) is 12.8 Å². The first kappa shape index (κ1) is 9.14. The minimum Gasteiger partial charge on any atom is -0.481 e. The molecule has 1 atom stereocenters. The topological polar surface area (TPSA) is 54.4 Å². The van der Waals surface area contributed by atoms with Crippen LogP contribution < -0.4 is 0 Å². The van der Waals surface area contributed by atoms with Crippen LogP contribution >= 0.6 is 0 Å². The minimum atomic E-state index is -1.05. The molecule has 3 heteroatoms. The van der Waals surface area contributed by atoms with Gasteiger partial charge in [0.05, 0.1) is 0 Å². The number of hydrogen-bond donors (Lipinski definition) is 1. The Bertz CT molecular complexity index is 126. The van der Waals surface area contributed by atoms with Crippen LogP contribution in [0.5, 0.6) is 0 Å². The maximum atomic E-state index is 10.6. The summed E-state index contributed by atoms with van der Waals surface area (Å²) in [5.74, 6) is -2.19. The molecule has 0 aliphatic heterocycles. The number of carboxylic acid groups (broad SMARTS) is 1. The maximum absolute atomic E-state index is 10.6. The zero-order chi connectivity index (χ0) is 8.15. The lowest BCUT2D eigenvalue weighted by Crippen LogP contribution is -2.20.